The van der Waals surface area contributed by atoms with E-state index in [1.165, 1.54) is 32.2 Å². The molecule has 1 N–H and O–H groups in total. The van der Waals surface area contributed by atoms with Crippen LogP contribution in [0.2, 0.25) is 0 Å². The van der Waals surface area contributed by atoms with Gasteiger partial charge in [-0.3, -0.25) is 4.90 Å². The fraction of sp³-hybridized carbons (Fsp3) is 0.875. The molecule has 2 unspecified atom stereocenters. The predicted molar refractivity (Wildman–Crippen MR) is 84.0 cm³/mol. The monoisotopic (exact) mass is 291 g/mol. The molecule has 5 nitrogen and oxygen atoms in total. The summed E-state index contributed by atoms with van der Waals surface area (Å²) in [6.45, 7) is 9.86. The SMILES string of the molecule is CCCC1CNC(C2CC2)CN1Cc1ncnn1C(C)C. The van der Waals surface area contributed by atoms with Crippen LogP contribution in [0.1, 0.15) is 58.3 Å². The van der Waals surface area contributed by atoms with Gasteiger partial charge in [-0.05, 0) is 39.0 Å². The summed E-state index contributed by atoms with van der Waals surface area (Å²) in [4.78, 5) is 7.15. The third kappa shape index (κ3) is 3.46. The van der Waals surface area contributed by atoms with Crippen molar-refractivity contribution in [2.45, 2.75) is 71.1 Å². The van der Waals surface area contributed by atoms with E-state index in [4.69, 9.17) is 0 Å². The third-order valence-corrected chi connectivity index (χ3v) is 4.86. The van der Waals surface area contributed by atoms with Crippen LogP contribution in [0, 0.1) is 5.92 Å². The Hall–Kier alpha value is -0.940. The molecular formula is C16H29N5. The molecule has 21 heavy (non-hydrogen) atoms. The summed E-state index contributed by atoms with van der Waals surface area (Å²) in [5.74, 6) is 2.03. The molecule has 0 spiro atoms. The second kappa shape index (κ2) is 6.44. The molecule has 0 amide bonds. The van der Waals surface area contributed by atoms with Crippen LogP contribution in [0.5, 0.6) is 0 Å². The first-order valence-electron chi connectivity index (χ1n) is 8.54. The van der Waals surface area contributed by atoms with Crippen molar-refractivity contribution in [1.82, 2.24) is 25.0 Å². The van der Waals surface area contributed by atoms with Gasteiger partial charge in [-0.25, -0.2) is 9.67 Å². The lowest BCUT2D eigenvalue weighted by atomic mass is 10.0. The molecule has 0 aromatic carbocycles. The van der Waals surface area contributed by atoms with Gasteiger partial charge in [0, 0.05) is 31.2 Å². The van der Waals surface area contributed by atoms with Crippen LogP contribution in [-0.4, -0.2) is 44.8 Å². The maximum Gasteiger partial charge on any atom is 0.141 e. The first kappa shape index (κ1) is 15.0. The number of nitrogens with zero attached hydrogens (tertiary/aromatic N) is 4. The van der Waals surface area contributed by atoms with Crippen molar-refractivity contribution in [1.29, 1.82) is 0 Å². The highest BCUT2D eigenvalue weighted by atomic mass is 15.4. The summed E-state index contributed by atoms with van der Waals surface area (Å²) >= 11 is 0. The van der Waals surface area contributed by atoms with Crippen molar-refractivity contribution < 1.29 is 0 Å². The van der Waals surface area contributed by atoms with E-state index >= 15 is 0 Å². The van der Waals surface area contributed by atoms with Gasteiger partial charge in [-0.2, -0.15) is 5.10 Å². The minimum Gasteiger partial charge on any atom is -0.311 e. The maximum absolute atomic E-state index is 4.50. The Bertz CT molecular complexity index is 451. The number of hydrogen-bond acceptors (Lipinski definition) is 4. The molecule has 1 aromatic rings. The van der Waals surface area contributed by atoms with E-state index in [-0.39, 0.29) is 0 Å². The second-order valence-corrected chi connectivity index (χ2v) is 6.94. The zero-order chi connectivity index (χ0) is 14.8. The van der Waals surface area contributed by atoms with Gasteiger partial charge in [0.15, 0.2) is 0 Å². The highest BCUT2D eigenvalue weighted by Gasteiger charge is 2.37. The van der Waals surface area contributed by atoms with Gasteiger partial charge in [-0.1, -0.05) is 13.3 Å². The van der Waals surface area contributed by atoms with Crippen molar-refractivity contribution >= 4 is 0 Å². The van der Waals surface area contributed by atoms with Crippen molar-refractivity contribution in [3.8, 4) is 0 Å². The maximum atomic E-state index is 4.50. The van der Waals surface area contributed by atoms with Crippen LogP contribution in [-0.2, 0) is 6.54 Å². The average Bonchev–Trinajstić information content (AvgIpc) is 3.20. The lowest BCUT2D eigenvalue weighted by molar-refractivity contribution is 0.103. The highest BCUT2D eigenvalue weighted by molar-refractivity contribution is 4.97. The van der Waals surface area contributed by atoms with Gasteiger partial charge >= 0.3 is 0 Å². The Kier molecular flexibility index (Phi) is 4.60. The fourth-order valence-electron chi connectivity index (χ4n) is 3.51. The van der Waals surface area contributed by atoms with E-state index in [0.29, 0.717) is 18.1 Å². The summed E-state index contributed by atoms with van der Waals surface area (Å²) in [6.07, 6.45) is 7.02. The quantitative estimate of drug-likeness (QED) is 0.873. The first-order valence-corrected chi connectivity index (χ1v) is 8.54. The summed E-state index contributed by atoms with van der Waals surface area (Å²) in [5, 5.41) is 8.16. The standard InChI is InChI=1S/C16H29N5/c1-4-5-14-8-17-15(13-6-7-13)9-20(14)10-16-18-11-19-21(16)12(2)3/h11-15,17H,4-10H2,1-3H3. The summed E-state index contributed by atoms with van der Waals surface area (Å²) in [6, 6.07) is 1.71. The molecular weight excluding hydrogens is 262 g/mol. The largest absolute Gasteiger partial charge is 0.311 e. The van der Waals surface area contributed by atoms with Gasteiger partial charge in [0.05, 0.1) is 6.54 Å². The van der Waals surface area contributed by atoms with Crippen molar-refractivity contribution in [3.63, 3.8) is 0 Å². The van der Waals surface area contributed by atoms with Gasteiger partial charge in [0.25, 0.3) is 0 Å². The normalized spacial score (nSPS) is 27.4. The Morgan fingerprint density at radius 2 is 2.19 bits per heavy atom. The van der Waals surface area contributed by atoms with E-state index in [9.17, 15) is 0 Å². The van der Waals surface area contributed by atoms with Crippen LogP contribution < -0.4 is 5.32 Å². The van der Waals surface area contributed by atoms with Crippen LogP contribution in [0.15, 0.2) is 6.33 Å². The summed E-state index contributed by atoms with van der Waals surface area (Å²) in [5.41, 5.74) is 0. The number of piperazine rings is 1. The van der Waals surface area contributed by atoms with Gasteiger partial charge in [0.2, 0.25) is 0 Å². The molecule has 1 saturated heterocycles. The smallest absolute Gasteiger partial charge is 0.141 e. The van der Waals surface area contributed by atoms with Gasteiger partial charge < -0.3 is 5.32 Å². The number of nitrogens with one attached hydrogen (secondary N) is 1. The number of aromatic nitrogens is 3. The minimum absolute atomic E-state index is 0.384. The Morgan fingerprint density at radius 3 is 2.86 bits per heavy atom. The molecule has 1 aliphatic heterocycles. The molecule has 1 aliphatic carbocycles. The predicted octanol–water partition coefficient (Wildman–Crippen LogP) is 2.21. The first-order chi connectivity index (χ1) is 10.2. The second-order valence-electron chi connectivity index (χ2n) is 6.94. The molecule has 0 radical (unpaired) electrons. The third-order valence-electron chi connectivity index (χ3n) is 4.86. The zero-order valence-electron chi connectivity index (χ0n) is 13.6. The lowest BCUT2D eigenvalue weighted by Crippen LogP contribution is -2.56. The van der Waals surface area contributed by atoms with E-state index in [1.54, 1.807) is 6.33 Å². The van der Waals surface area contributed by atoms with Crippen molar-refractivity contribution in [2.24, 2.45) is 5.92 Å². The topological polar surface area (TPSA) is 46.0 Å². The molecule has 2 atom stereocenters. The van der Waals surface area contributed by atoms with Gasteiger partial charge in [-0.15, -0.1) is 0 Å². The minimum atomic E-state index is 0.384. The van der Waals surface area contributed by atoms with E-state index < -0.39 is 0 Å². The van der Waals surface area contributed by atoms with Crippen LogP contribution in [0.25, 0.3) is 0 Å². The molecule has 5 heteroatoms. The molecule has 0 bridgehead atoms. The van der Waals surface area contributed by atoms with Crippen LogP contribution in [0.3, 0.4) is 0 Å². The molecule has 1 aromatic heterocycles. The van der Waals surface area contributed by atoms with E-state index in [0.717, 1.165) is 24.8 Å². The van der Waals surface area contributed by atoms with Crippen LogP contribution >= 0.6 is 0 Å². The molecule has 2 heterocycles. The fourth-order valence-corrected chi connectivity index (χ4v) is 3.51. The molecule has 1 saturated carbocycles. The highest BCUT2D eigenvalue weighted by Crippen LogP contribution is 2.34. The number of hydrogen-bond donors (Lipinski definition) is 1. The van der Waals surface area contributed by atoms with Crippen molar-refractivity contribution in [2.75, 3.05) is 13.1 Å². The molecule has 2 aliphatic rings. The molecule has 2 fully saturated rings. The Labute approximate surface area is 128 Å². The average molecular weight is 291 g/mol. The summed E-state index contributed by atoms with van der Waals surface area (Å²) in [7, 11) is 0. The van der Waals surface area contributed by atoms with E-state index in [1.807, 2.05) is 0 Å². The summed E-state index contributed by atoms with van der Waals surface area (Å²) < 4.78 is 2.07. The van der Waals surface area contributed by atoms with E-state index in [2.05, 4.69) is 45.8 Å². The van der Waals surface area contributed by atoms with Crippen molar-refractivity contribution in [3.05, 3.63) is 12.2 Å². The Morgan fingerprint density at radius 1 is 1.38 bits per heavy atom. The molecule has 118 valence electrons. The van der Waals surface area contributed by atoms with Crippen LogP contribution in [0.4, 0.5) is 0 Å². The number of rotatable bonds is 6. The van der Waals surface area contributed by atoms with Gasteiger partial charge in [0.1, 0.15) is 12.2 Å². The zero-order valence-corrected chi connectivity index (χ0v) is 13.6. The lowest BCUT2D eigenvalue weighted by Gasteiger charge is -2.40. The molecule has 3 rings (SSSR count). The Balaban J connectivity index is 1.70.